The molecule has 0 saturated heterocycles. The summed E-state index contributed by atoms with van der Waals surface area (Å²) in [6.07, 6.45) is 8.92. The first kappa shape index (κ1) is 18.8. The van der Waals surface area contributed by atoms with Gasteiger partial charge in [-0.15, -0.1) is 0 Å². The minimum Gasteiger partial charge on any atom is -0.494 e. The number of rotatable bonds is 10. The van der Waals surface area contributed by atoms with Gasteiger partial charge in [0.1, 0.15) is 5.75 Å². The van der Waals surface area contributed by atoms with Crippen molar-refractivity contribution in [2.24, 2.45) is 0 Å². The summed E-state index contributed by atoms with van der Waals surface area (Å²) >= 11 is 0. The van der Waals surface area contributed by atoms with Gasteiger partial charge < -0.3 is 9.84 Å². The first-order valence-corrected chi connectivity index (χ1v) is 8.93. The predicted molar refractivity (Wildman–Crippen MR) is 103 cm³/mol. The van der Waals surface area contributed by atoms with Crippen molar-refractivity contribution in [1.82, 2.24) is 0 Å². The molecule has 2 rings (SSSR count). The van der Waals surface area contributed by atoms with Crippen LogP contribution in [0.5, 0.6) is 5.75 Å². The van der Waals surface area contributed by atoms with Gasteiger partial charge in [-0.1, -0.05) is 69.0 Å². The zero-order chi connectivity index (χ0) is 17.9. The molecule has 0 saturated carbocycles. The second kappa shape index (κ2) is 10.3. The molecule has 0 unspecified atom stereocenters. The van der Waals surface area contributed by atoms with E-state index in [4.69, 9.17) is 9.84 Å². The molecule has 132 valence electrons. The van der Waals surface area contributed by atoms with Crippen molar-refractivity contribution in [3.05, 3.63) is 60.2 Å². The van der Waals surface area contributed by atoms with E-state index in [1.165, 1.54) is 25.7 Å². The van der Waals surface area contributed by atoms with Crippen molar-refractivity contribution < 1.29 is 14.6 Å². The fraction of sp³-hybridized carbons (Fsp3) is 0.318. The van der Waals surface area contributed by atoms with Gasteiger partial charge in [-0.2, -0.15) is 0 Å². The van der Waals surface area contributed by atoms with Crippen molar-refractivity contribution in [2.75, 3.05) is 6.61 Å². The average Bonchev–Trinajstić information content (AvgIpc) is 2.64. The molecule has 0 atom stereocenters. The number of carboxylic acids is 1. The van der Waals surface area contributed by atoms with Crippen LogP contribution >= 0.6 is 0 Å². The molecule has 0 heterocycles. The summed E-state index contributed by atoms with van der Waals surface area (Å²) in [6.45, 7) is 2.99. The summed E-state index contributed by atoms with van der Waals surface area (Å²) in [7, 11) is 0. The van der Waals surface area contributed by atoms with Crippen LogP contribution in [-0.2, 0) is 4.79 Å². The summed E-state index contributed by atoms with van der Waals surface area (Å²) in [5.41, 5.74) is 3.08. The average molecular weight is 338 g/mol. The normalized spacial score (nSPS) is 10.9. The van der Waals surface area contributed by atoms with Crippen LogP contribution in [0.4, 0.5) is 0 Å². The van der Waals surface area contributed by atoms with Gasteiger partial charge in [-0.3, -0.25) is 0 Å². The Bertz CT molecular complexity index is 669. The second-order valence-corrected chi connectivity index (χ2v) is 6.08. The van der Waals surface area contributed by atoms with Crippen LogP contribution in [0.1, 0.15) is 44.6 Å². The van der Waals surface area contributed by atoms with Gasteiger partial charge in [-0.25, -0.2) is 4.79 Å². The Hall–Kier alpha value is -2.55. The molecule has 0 radical (unpaired) electrons. The highest BCUT2D eigenvalue weighted by atomic mass is 16.5. The Morgan fingerprint density at radius 2 is 1.52 bits per heavy atom. The lowest BCUT2D eigenvalue weighted by Gasteiger charge is -2.08. The van der Waals surface area contributed by atoms with Gasteiger partial charge in [0, 0.05) is 6.08 Å². The molecule has 0 spiro atoms. The van der Waals surface area contributed by atoms with Crippen LogP contribution < -0.4 is 4.74 Å². The third-order valence-electron chi connectivity index (χ3n) is 4.03. The molecule has 0 bridgehead atoms. The van der Waals surface area contributed by atoms with E-state index in [1.807, 2.05) is 36.4 Å². The first-order valence-electron chi connectivity index (χ1n) is 8.93. The Labute approximate surface area is 150 Å². The number of carbonyl (C=O) groups is 1. The second-order valence-electron chi connectivity index (χ2n) is 6.08. The number of ether oxygens (including phenoxy) is 1. The molecule has 0 aliphatic rings. The number of benzene rings is 2. The molecule has 2 aromatic rings. The van der Waals surface area contributed by atoms with Crippen LogP contribution in [0, 0.1) is 0 Å². The molecule has 1 N–H and O–H groups in total. The smallest absolute Gasteiger partial charge is 0.328 e. The highest BCUT2D eigenvalue weighted by Crippen LogP contribution is 2.23. The van der Waals surface area contributed by atoms with Crippen LogP contribution in [-0.4, -0.2) is 17.7 Å². The Morgan fingerprint density at radius 1 is 0.920 bits per heavy atom. The maximum Gasteiger partial charge on any atom is 0.328 e. The Morgan fingerprint density at radius 3 is 2.12 bits per heavy atom. The third-order valence-corrected chi connectivity index (χ3v) is 4.03. The minimum atomic E-state index is -0.940. The van der Waals surface area contributed by atoms with Crippen molar-refractivity contribution in [3.8, 4) is 16.9 Å². The van der Waals surface area contributed by atoms with Crippen LogP contribution in [0.3, 0.4) is 0 Å². The number of carboxylic acid groups (broad SMARTS) is 1. The summed E-state index contributed by atoms with van der Waals surface area (Å²) < 4.78 is 5.79. The van der Waals surface area contributed by atoms with Gasteiger partial charge in [0.2, 0.25) is 0 Å². The minimum absolute atomic E-state index is 0.771. The Balaban J connectivity index is 1.86. The first-order chi connectivity index (χ1) is 12.2. The zero-order valence-electron chi connectivity index (χ0n) is 14.8. The van der Waals surface area contributed by atoms with E-state index >= 15 is 0 Å². The van der Waals surface area contributed by atoms with Crippen molar-refractivity contribution in [1.29, 1.82) is 0 Å². The molecule has 3 heteroatoms. The SMILES string of the molecule is CCCCCCCOc1ccc(-c2ccc(/C=C/C(=O)O)cc2)cc1. The number of hydrogen-bond acceptors (Lipinski definition) is 2. The molecule has 0 aliphatic carbocycles. The summed E-state index contributed by atoms with van der Waals surface area (Å²) in [6, 6.07) is 15.9. The molecular formula is C22H26O3. The zero-order valence-corrected chi connectivity index (χ0v) is 14.8. The van der Waals surface area contributed by atoms with Crippen molar-refractivity contribution in [3.63, 3.8) is 0 Å². The topological polar surface area (TPSA) is 46.5 Å². The van der Waals surface area contributed by atoms with Crippen molar-refractivity contribution >= 4 is 12.0 Å². The lowest BCUT2D eigenvalue weighted by atomic mass is 10.0. The molecule has 0 amide bonds. The molecule has 3 nitrogen and oxygen atoms in total. The van der Waals surface area contributed by atoms with Crippen LogP contribution in [0.25, 0.3) is 17.2 Å². The summed E-state index contributed by atoms with van der Waals surface area (Å²) in [5.74, 6) is -0.0368. The van der Waals surface area contributed by atoms with E-state index in [-0.39, 0.29) is 0 Å². The maximum absolute atomic E-state index is 10.5. The third kappa shape index (κ3) is 6.84. The molecule has 0 aliphatic heterocycles. The molecule has 0 aromatic heterocycles. The maximum atomic E-state index is 10.5. The van der Waals surface area contributed by atoms with Gasteiger partial charge >= 0.3 is 5.97 Å². The van der Waals surface area contributed by atoms with Gasteiger partial charge in [0.25, 0.3) is 0 Å². The lowest BCUT2D eigenvalue weighted by Crippen LogP contribution is -1.97. The molecular weight excluding hydrogens is 312 g/mol. The molecule has 25 heavy (non-hydrogen) atoms. The highest BCUT2D eigenvalue weighted by molar-refractivity contribution is 5.85. The highest BCUT2D eigenvalue weighted by Gasteiger charge is 2.00. The van der Waals surface area contributed by atoms with E-state index < -0.39 is 5.97 Å². The fourth-order valence-electron chi connectivity index (χ4n) is 2.59. The number of aliphatic carboxylic acids is 1. The predicted octanol–water partition coefficient (Wildman–Crippen LogP) is 5.80. The quantitative estimate of drug-likeness (QED) is 0.440. The van der Waals surface area contributed by atoms with E-state index in [0.717, 1.165) is 41.5 Å². The number of unbranched alkanes of at least 4 members (excludes halogenated alkanes) is 4. The van der Waals surface area contributed by atoms with Gasteiger partial charge in [0.15, 0.2) is 0 Å². The fourth-order valence-corrected chi connectivity index (χ4v) is 2.59. The van der Waals surface area contributed by atoms with Gasteiger partial charge in [0.05, 0.1) is 6.61 Å². The lowest BCUT2D eigenvalue weighted by molar-refractivity contribution is -0.131. The standard InChI is InChI=1S/C22H26O3/c1-2-3-4-5-6-17-25-21-14-12-20(13-15-21)19-10-7-18(8-11-19)9-16-22(23)24/h7-16H,2-6,17H2,1H3,(H,23,24)/b16-9+. The largest absolute Gasteiger partial charge is 0.494 e. The Kier molecular flexibility index (Phi) is 7.77. The van der Waals surface area contributed by atoms with E-state index in [9.17, 15) is 4.79 Å². The van der Waals surface area contributed by atoms with Crippen LogP contribution in [0.15, 0.2) is 54.6 Å². The van der Waals surface area contributed by atoms with Gasteiger partial charge in [-0.05, 0) is 41.3 Å². The van der Waals surface area contributed by atoms with E-state index in [1.54, 1.807) is 6.08 Å². The summed E-state index contributed by atoms with van der Waals surface area (Å²) in [4.78, 5) is 10.5. The molecule has 0 fully saturated rings. The summed E-state index contributed by atoms with van der Waals surface area (Å²) in [5, 5.41) is 8.65. The van der Waals surface area contributed by atoms with Crippen LogP contribution in [0.2, 0.25) is 0 Å². The number of hydrogen-bond donors (Lipinski definition) is 1. The van der Waals surface area contributed by atoms with Crippen molar-refractivity contribution in [2.45, 2.75) is 39.0 Å². The molecule has 2 aromatic carbocycles. The van der Waals surface area contributed by atoms with E-state index in [2.05, 4.69) is 19.1 Å². The monoisotopic (exact) mass is 338 g/mol. The van der Waals surface area contributed by atoms with E-state index in [0.29, 0.717) is 0 Å².